The number of rotatable bonds is 6. The number of carbonyl (C=O) groups is 2. The number of non-ortho nitro benzene ring substituents is 1. The van der Waals surface area contributed by atoms with Gasteiger partial charge in [0, 0.05) is 25.7 Å². The van der Waals surface area contributed by atoms with Crippen LogP contribution in [-0.4, -0.2) is 28.7 Å². The van der Waals surface area contributed by atoms with Crippen molar-refractivity contribution in [3.8, 4) is 0 Å². The van der Waals surface area contributed by atoms with Gasteiger partial charge in [0.05, 0.1) is 36.8 Å². The second kappa shape index (κ2) is 9.99. The van der Waals surface area contributed by atoms with Crippen molar-refractivity contribution >= 4 is 58.0 Å². The molecule has 0 fully saturated rings. The molecule has 32 heavy (non-hydrogen) atoms. The normalized spacial score (nSPS) is 10.5. The van der Waals surface area contributed by atoms with Crippen molar-refractivity contribution in [2.75, 3.05) is 12.4 Å². The first-order valence-corrected chi connectivity index (χ1v) is 10.3. The molecule has 0 bridgehead atoms. The summed E-state index contributed by atoms with van der Waals surface area (Å²) in [7, 11) is 1.62. The minimum atomic E-state index is -0.606. The third-order valence-electron chi connectivity index (χ3n) is 4.56. The summed E-state index contributed by atoms with van der Waals surface area (Å²) in [5.74, 6) is -0.931. The molecule has 3 aromatic carbocycles. The molecule has 1 N–H and O–H groups in total. The van der Waals surface area contributed by atoms with Crippen LogP contribution in [0.4, 0.5) is 11.4 Å². The Kier molecular flexibility index (Phi) is 7.35. The lowest BCUT2D eigenvalue weighted by molar-refractivity contribution is -0.384. The third kappa shape index (κ3) is 5.37. The standard InChI is InChI=1S/C22H16Cl3N3O4/c1-27(12-13-6-9-17(23)19(25)10-13)22(30)16-4-2-3-5-20(16)26-21(29)15-8-7-14(28(31)32)11-18(15)24/h2-11H,12H2,1H3,(H,26,29). The van der Waals surface area contributed by atoms with Gasteiger partial charge in [-0.05, 0) is 35.9 Å². The number of hydrogen-bond acceptors (Lipinski definition) is 4. The summed E-state index contributed by atoms with van der Waals surface area (Å²) < 4.78 is 0. The number of nitrogens with zero attached hydrogens (tertiary/aromatic N) is 2. The van der Waals surface area contributed by atoms with Crippen LogP contribution in [0.2, 0.25) is 15.1 Å². The molecule has 0 aliphatic heterocycles. The lowest BCUT2D eigenvalue weighted by atomic mass is 10.1. The van der Waals surface area contributed by atoms with Gasteiger partial charge in [0.15, 0.2) is 0 Å². The van der Waals surface area contributed by atoms with E-state index in [1.54, 1.807) is 49.5 Å². The summed E-state index contributed by atoms with van der Waals surface area (Å²) in [6, 6.07) is 15.1. The highest BCUT2D eigenvalue weighted by molar-refractivity contribution is 6.42. The number of nitrogens with one attached hydrogen (secondary N) is 1. The van der Waals surface area contributed by atoms with Gasteiger partial charge in [-0.25, -0.2) is 0 Å². The Morgan fingerprint density at radius 1 is 0.938 bits per heavy atom. The van der Waals surface area contributed by atoms with Crippen LogP contribution in [0, 0.1) is 10.1 Å². The Morgan fingerprint density at radius 2 is 1.66 bits per heavy atom. The van der Waals surface area contributed by atoms with Gasteiger partial charge in [0.2, 0.25) is 0 Å². The molecule has 0 heterocycles. The van der Waals surface area contributed by atoms with E-state index in [2.05, 4.69) is 5.32 Å². The molecule has 2 amide bonds. The largest absolute Gasteiger partial charge is 0.337 e. The third-order valence-corrected chi connectivity index (χ3v) is 5.62. The van der Waals surface area contributed by atoms with Crippen LogP contribution >= 0.6 is 34.8 Å². The molecule has 10 heteroatoms. The van der Waals surface area contributed by atoms with Gasteiger partial charge in [0.1, 0.15) is 0 Å². The van der Waals surface area contributed by atoms with Crippen LogP contribution < -0.4 is 5.32 Å². The Balaban J connectivity index is 1.80. The van der Waals surface area contributed by atoms with E-state index in [0.717, 1.165) is 11.6 Å². The van der Waals surface area contributed by atoms with E-state index in [1.807, 2.05) is 0 Å². The number of nitro benzene ring substituents is 1. The maximum Gasteiger partial charge on any atom is 0.270 e. The molecule has 0 saturated heterocycles. The fourth-order valence-corrected chi connectivity index (χ4v) is 3.54. The van der Waals surface area contributed by atoms with Crippen LogP contribution in [0.3, 0.4) is 0 Å². The van der Waals surface area contributed by atoms with E-state index in [-0.39, 0.29) is 40.0 Å². The maximum absolute atomic E-state index is 13.0. The van der Waals surface area contributed by atoms with Gasteiger partial charge in [0.25, 0.3) is 17.5 Å². The average Bonchev–Trinajstić information content (AvgIpc) is 2.76. The molecule has 3 rings (SSSR count). The topological polar surface area (TPSA) is 92.6 Å². The molecular formula is C22H16Cl3N3O4. The van der Waals surface area contributed by atoms with Crippen LogP contribution in [0.1, 0.15) is 26.3 Å². The van der Waals surface area contributed by atoms with E-state index < -0.39 is 10.8 Å². The fourth-order valence-electron chi connectivity index (χ4n) is 2.96. The minimum absolute atomic E-state index is 0.0451. The monoisotopic (exact) mass is 491 g/mol. The van der Waals surface area contributed by atoms with Crippen LogP contribution in [-0.2, 0) is 6.54 Å². The number of anilines is 1. The molecule has 0 atom stereocenters. The van der Waals surface area contributed by atoms with Gasteiger partial charge in [-0.15, -0.1) is 0 Å². The van der Waals surface area contributed by atoms with Gasteiger partial charge < -0.3 is 10.2 Å². The van der Waals surface area contributed by atoms with E-state index in [9.17, 15) is 19.7 Å². The highest BCUT2D eigenvalue weighted by Crippen LogP contribution is 2.26. The highest BCUT2D eigenvalue weighted by Gasteiger charge is 2.20. The zero-order valence-corrected chi connectivity index (χ0v) is 18.9. The summed E-state index contributed by atoms with van der Waals surface area (Å²) >= 11 is 18.0. The van der Waals surface area contributed by atoms with Crippen molar-refractivity contribution in [1.82, 2.24) is 4.90 Å². The molecule has 0 spiro atoms. The quantitative estimate of drug-likeness (QED) is 0.333. The van der Waals surface area contributed by atoms with Gasteiger partial charge in [-0.3, -0.25) is 19.7 Å². The van der Waals surface area contributed by atoms with Gasteiger partial charge in [-0.2, -0.15) is 0 Å². The maximum atomic E-state index is 13.0. The number of hydrogen-bond donors (Lipinski definition) is 1. The first-order valence-electron chi connectivity index (χ1n) is 9.21. The summed E-state index contributed by atoms with van der Waals surface area (Å²) in [6.45, 7) is 0.270. The summed E-state index contributed by atoms with van der Waals surface area (Å²) in [5.41, 5.74) is 1.14. The van der Waals surface area contributed by atoms with Crippen molar-refractivity contribution in [3.63, 3.8) is 0 Å². The Labute approximate surface area is 198 Å². The first-order chi connectivity index (χ1) is 15.2. The van der Waals surface area contributed by atoms with E-state index in [1.165, 1.54) is 17.0 Å². The Hall–Kier alpha value is -3.13. The molecule has 164 valence electrons. The van der Waals surface area contributed by atoms with Crippen LogP contribution in [0.15, 0.2) is 60.7 Å². The molecule has 0 unspecified atom stereocenters. The highest BCUT2D eigenvalue weighted by atomic mass is 35.5. The Bertz CT molecular complexity index is 1220. The smallest absolute Gasteiger partial charge is 0.270 e. The molecule has 3 aromatic rings. The zero-order valence-electron chi connectivity index (χ0n) is 16.6. The Morgan fingerprint density at radius 3 is 2.31 bits per heavy atom. The predicted octanol–water partition coefficient (Wildman–Crippen LogP) is 6.08. The SMILES string of the molecule is CN(Cc1ccc(Cl)c(Cl)c1)C(=O)c1ccccc1NC(=O)c1ccc([N+](=O)[O-])cc1Cl. The second-order valence-corrected chi connectivity index (χ2v) is 8.05. The summed E-state index contributed by atoms with van der Waals surface area (Å²) in [5, 5.41) is 14.3. The summed E-state index contributed by atoms with van der Waals surface area (Å²) in [6.07, 6.45) is 0. The van der Waals surface area contributed by atoms with Crippen LogP contribution in [0.5, 0.6) is 0 Å². The minimum Gasteiger partial charge on any atom is -0.337 e. The number of benzene rings is 3. The number of para-hydroxylation sites is 1. The lowest BCUT2D eigenvalue weighted by Crippen LogP contribution is -2.27. The number of amides is 2. The van der Waals surface area contributed by atoms with Gasteiger partial charge in [-0.1, -0.05) is 53.0 Å². The molecule has 7 nitrogen and oxygen atoms in total. The first kappa shape index (κ1) is 23.5. The average molecular weight is 493 g/mol. The van der Waals surface area contributed by atoms with E-state index >= 15 is 0 Å². The molecule has 0 aliphatic rings. The van der Waals surface area contributed by atoms with Crippen LogP contribution in [0.25, 0.3) is 0 Å². The van der Waals surface area contributed by atoms with Crippen molar-refractivity contribution < 1.29 is 14.5 Å². The number of nitro groups is 1. The van der Waals surface area contributed by atoms with E-state index in [4.69, 9.17) is 34.8 Å². The van der Waals surface area contributed by atoms with Crippen molar-refractivity contribution in [3.05, 3.63) is 103 Å². The molecule has 0 aliphatic carbocycles. The lowest BCUT2D eigenvalue weighted by Gasteiger charge is -2.20. The van der Waals surface area contributed by atoms with Crippen molar-refractivity contribution in [2.24, 2.45) is 0 Å². The molecule has 0 saturated carbocycles. The predicted molar refractivity (Wildman–Crippen MR) is 125 cm³/mol. The van der Waals surface area contributed by atoms with Crippen molar-refractivity contribution in [1.29, 1.82) is 0 Å². The molecule has 0 radical (unpaired) electrons. The molecule has 0 aromatic heterocycles. The number of halogens is 3. The molecular weight excluding hydrogens is 477 g/mol. The second-order valence-electron chi connectivity index (χ2n) is 6.83. The zero-order chi connectivity index (χ0) is 23.4. The van der Waals surface area contributed by atoms with Crippen molar-refractivity contribution in [2.45, 2.75) is 6.54 Å². The van der Waals surface area contributed by atoms with Gasteiger partial charge >= 0.3 is 0 Å². The summed E-state index contributed by atoms with van der Waals surface area (Å²) in [4.78, 5) is 37.5. The fraction of sp³-hybridized carbons (Fsp3) is 0.0909. The number of carbonyl (C=O) groups excluding carboxylic acids is 2. The van der Waals surface area contributed by atoms with E-state index in [0.29, 0.717) is 10.0 Å².